The van der Waals surface area contributed by atoms with E-state index in [1.807, 2.05) is 23.6 Å². The minimum absolute atomic E-state index is 0.134. The number of hydrogen-bond acceptors (Lipinski definition) is 6. The molecule has 2 heterocycles. The van der Waals surface area contributed by atoms with Gasteiger partial charge in [0.15, 0.2) is 5.58 Å². The van der Waals surface area contributed by atoms with E-state index in [1.54, 1.807) is 12.4 Å². The number of oxazole rings is 1. The number of thiazole rings is 1. The van der Waals surface area contributed by atoms with Crippen molar-refractivity contribution < 1.29 is 9.21 Å². The van der Waals surface area contributed by atoms with Crippen LogP contribution in [-0.2, 0) is 4.79 Å². The highest BCUT2D eigenvalue weighted by molar-refractivity contribution is 7.13. The predicted molar refractivity (Wildman–Crippen MR) is 124 cm³/mol. The van der Waals surface area contributed by atoms with Crippen LogP contribution in [0.1, 0.15) is 52.3 Å². The Kier molecular flexibility index (Phi) is 7.52. The van der Waals surface area contributed by atoms with Crippen molar-refractivity contribution in [2.45, 2.75) is 46.5 Å². The number of carbonyl (C=O) groups is 1. The van der Waals surface area contributed by atoms with Crippen LogP contribution in [-0.4, -0.2) is 22.1 Å². The summed E-state index contributed by atoms with van der Waals surface area (Å²) in [6.07, 6.45) is 11.4. The van der Waals surface area contributed by atoms with E-state index in [-0.39, 0.29) is 5.91 Å². The molecule has 158 valence electrons. The number of nitrogens with zero attached hydrogens (tertiary/aromatic N) is 2. The summed E-state index contributed by atoms with van der Waals surface area (Å²) in [4.78, 5) is 20.5. The number of hydrogen-bond donors (Lipinski definition) is 2. The summed E-state index contributed by atoms with van der Waals surface area (Å²) >= 11 is 1.52. The van der Waals surface area contributed by atoms with E-state index in [9.17, 15) is 4.79 Å². The van der Waals surface area contributed by atoms with Crippen molar-refractivity contribution in [3.63, 3.8) is 0 Å². The second-order valence-corrected chi connectivity index (χ2v) is 8.49. The van der Waals surface area contributed by atoms with Gasteiger partial charge in [-0.25, -0.2) is 9.97 Å². The molecule has 0 saturated carbocycles. The van der Waals surface area contributed by atoms with Crippen LogP contribution in [0, 0.1) is 17.2 Å². The molecule has 3 aromatic rings. The fraction of sp³-hybridized carbons (Fsp3) is 0.391. The first-order chi connectivity index (χ1) is 14.5. The molecule has 2 N–H and O–H groups in total. The molecule has 0 aliphatic heterocycles. The molecule has 0 fully saturated rings. The number of allylic oxidation sites excluding steroid dienone is 1. The summed E-state index contributed by atoms with van der Waals surface area (Å²) in [5.74, 6) is 1.33. The Bertz CT molecular complexity index is 1020. The third-order valence-electron chi connectivity index (χ3n) is 5.08. The molecule has 0 aliphatic carbocycles. The van der Waals surface area contributed by atoms with Crippen molar-refractivity contribution in [1.82, 2.24) is 9.97 Å². The maximum Gasteiger partial charge on any atom is 0.221 e. The molecule has 0 radical (unpaired) electrons. The molecule has 2 atom stereocenters. The highest BCUT2D eigenvalue weighted by atomic mass is 32.1. The van der Waals surface area contributed by atoms with E-state index >= 15 is 0 Å². The van der Waals surface area contributed by atoms with Gasteiger partial charge in [-0.1, -0.05) is 19.9 Å². The summed E-state index contributed by atoms with van der Waals surface area (Å²) in [5.41, 5.74) is 2.86. The predicted octanol–water partition coefficient (Wildman–Crippen LogP) is 6.41. The zero-order valence-corrected chi connectivity index (χ0v) is 18.5. The van der Waals surface area contributed by atoms with Crippen molar-refractivity contribution in [1.29, 1.82) is 5.41 Å². The van der Waals surface area contributed by atoms with Gasteiger partial charge in [-0.05, 0) is 61.9 Å². The van der Waals surface area contributed by atoms with Gasteiger partial charge < -0.3 is 15.1 Å². The van der Waals surface area contributed by atoms with Crippen LogP contribution in [0.2, 0.25) is 0 Å². The standard InChI is InChI=1S/C23H28N4O2S/c1-4-17(14-24)9-8-15(2)6-5-7-21-27-20-13-18(26-16(3)28)12-19(22(20)29-21)23-25-10-11-30-23/h5,7,10-15,17,24H,4,6,8-9H2,1-3H3,(H,26,28)/b7-5+,24-14?. The van der Waals surface area contributed by atoms with Gasteiger partial charge in [0.1, 0.15) is 10.5 Å². The summed E-state index contributed by atoms with van der Waals surface area (Å²) in [6, 6.07) is 3.69. The Morgan fingerprint density at radius 1 is 1.37 bits per heavy atom. The fourth-order valence-electron chi connectivity index (χ4n) is 3.33. The van der Waals surface area contributed by atoms with Crippen molar-refractivity contribution in [2.75, 3.05) is 5.32 Å². The lowest BCUT2D eigenvalue weighted by atomic mass is 9.94. The summed E-state index contributed by atoms with van der Waals surface area (Å²) in [6.45, 7) is 5.84. The van der Waals surface area contributed by atoms with Crippen LogP contribution < -0.4 is 5.32 Å². The van der Waals surface area contributed by atoms with Crippen LogP contribution >= 0.6 is 11.3 Å². The van der Waals surface area contributed by atoms with E-state index in [0.29, 0.717) is 34.5 Å². The Morgan fingerprint density at radius 2 is 2.20 bits per heavy atom. The first kappa shape index (κ1) is 21.9. The van der Waals surface area contributed by atoms with E-state index in [4.69, 9.17) is 9.83 Å². The van der Waals surface area contributed by atoms with Crippen molar-refractivity contribution in [2.24, 2.45) is 11.8 Å². The van der Waals surface area contributed by atoms with Gasteiger partial charge in [0, 0.05) is 24.2 Å². The molecule has 0 saturated heterocycles. The molecule has 0 aliphatic rings. The molecule has 2 aromatic heterocycles. The number of anilines is 1. The van der Waals surface area contributed by atoms with Gasteiger partial charge in [0.25, 0.3) is 0 Å². The minimum Gasteiger partial charge on any atom is -0.436 e. The number of nitrogens with one attached hydrogen (secondary N) is 2. The van der Waals surface area contributed by atoms with Crippen LogP contribution in [0.3, 0.4) is 0 Å². The highest BCUT2D eigenvalue weighted by Crippen LogP contribution is 2.34. The van der Waals surface area contributed by atoms with Crippen molar-refractivity contribution in [3.05, 3.63) is 35.7 Å². The Hall–Kier alpha value is -2.80. The molecule has 6 nitrogen and oxygen atoms in total. The van der Waals surface area contributed by atoms with Gasteiger partial charge in [-0.15, -0.1) is 11.3 Å². The molecule has 1 aromatic carbocycles. The van der Waals surface area contributed by atoms with E-state index in [2.05, 4.69) is 35.2 Å². The Balaban J connectivity index is 1.77. The maximum absolute atomic E-state index is 11.5. The lowest BCUT2D eigenvalue weighted by Crippen LogP contribution is -2.05. The van der Waals surface area contributed by atoms with Crippen LogP contribution in [0.4, 0.5) is 5.69 Å². The summed E-state index contributed by atoms with van der Waals surface area (Å²) < 4.78 is 6.02. The van der Waals surface area contributed by atoms with Gasteiger partial charge in [0.05, 0.1) is 5.56 Å². The van der Waals surface area contributed by atoms with Crippen molar-refractivity contribution >= 4 is 46.3 Å². The number of fused-ring (bicyclic) bond motifs is 1. The molecule has 3 rings (SSSR count). The number of benzene rings is 1. The van der Waals surface area contributed by atoms with Crippen molar-refractivity contribution in [3.8, 4) is 10.6 Å². The molecule has 1 amide bonds. The lowest BCUT2D eigenvalue weighted by molar-refractivity contribution is -0.114. The first-order valence-electron chi connectivity index (χ1n) is 10.3. The molecule has 0 spiro atoms. The molecule has 2 unspecified atom stereocenters. The topological polar surface area (TPSA) is 91.9 Å². The Labute approximate surface area is 180 Å². The zero-order valence-electron chi connectivity index (χ0n) is 17.6. The fourth-order valence-corrected chi connectivity index (χ4v) is 3.99. The summed E-state index contributed by atoms with van der Waals surface area (Å²) in [7, 11) is 0. The van der Waals surface area contributed by atoms with Crippen LogP contribution in [0.5, 0.6) is 0 Å². The average molecular weight is 425 g/mol. The second-order valence-electron chi connectivity index (χ2n) is 7.60. The highest BCUT2D eigenvalue weighted by Gasteiger charge is 2.15. The SMILES string of the molecule is CCC(C=N)CCC(C)C/C=C/c1nc2cc(NC(C)=O)cc(-c3nccs3)c2o1. The zero-order chi connectivity index (χ0) is 21.5. The van der Waals surface area contributed by atoms with E-state index in [0.717, 1.165) is 36.3 Å². The first-order valence-corrected chi connectivity index (χ1v) is 11.2. The molecule has 0 bridgehead atoms. The number of amides is 1. The molecule has 30 heavy (non-hydrogen) atoms. The van der Waals surface area contributed by atoms with E-state index < -0.39 is 0 Å². The maximum atomic E-state index is 11.5. The number of carbonyl (C=O) groups excluding carboxylic acids is 1. The average Bonchev–Trinajstić information content (AvgIpc) is 3.37. The third-order valence-corrected chi connectivity index (χ3v) is 5.89. The van der Waals surface area contributed by atoms with Crippen LogP contribution in [0.15, 0.2) is 34.2 Å². The largest absolute Gasteiger partial charge is 0.436 e. The van der Waals surface area contributed by atoms with E-state index in [1.165, 1.54) is 18.3 Å². The monoisotopic (exact) mass is 424 g/mol. The van der Waals surface area contributed by atoms with Gasteiger partial charge in [0.2, 0.25) is 11.8 Å². The van der Waals surface area contributed by atoms with Crippen LogP contribution in [0.25, 0.3) is 27.7 Å². The number of rotatable bonds is 10. The van der Waals surface area contributed by atoms with Gasteiger partial charge in [-0.2, -0.15) is 0 Å². The smallest absolute Gasteiger partial charge is 0.221 e. The molecule has 7 heteroatoms. The second kappa shape index (κ2) is 10.3. The lowest BCUT2D eigenvalue weighted by Gasteiger charge is -2.12. The number of aromatic nitrogens is 2. The summed E-state index contributed by atoms with van der Waals surface area (Å²) in [5, 5.41) is 13.0. The normalized spacial score (nSPS) is 13.6. The van der Waals surface area contributed by atoms with Gasteiger partial charge in [-0.3, -0.25) is 4.79 Å². The molecular weight excluding hydrogens is 396 g/mol. The third kappa shape index (κ3) is 5.63. The molecular formula is C23H28N4O2S. The van der Waals surface area contributed by atoms with Gasteiger partial charge >= 0.3 is 0 Å². The Morgan fingerprint density at radius 3 is 2.87 bits per heavy atom. The quantitative estimate of drug-likeness (QED) is 0.368. The minimum atomic E-state index is -0.134.